The van der Waals surface area contributed by atoms with E-state index in [2.05, 4.69) is 0 Å². The molecular weight excluding hydrogens is 230 g/mol. The molecule has 0 nitrogen and oxygen atoms in total. The Kier molecular flexibility index (Phi) is 4.80. The average Bonchev–Trinajstić information content (AvgIpc) is 1.62. The van der Waals surface area contributed by atoms with Gasteiger partial charge in [0, 0.05) is 0 Å². The van der Waals surface area contributed by atoms with Crippen LogP contribution in [0.15, 0.2) is 11.9 Å². The molecule has 0 atom stereocenters. The van der Waals surface area contributed by atoms with E-state index < -0.39 is 18.1 Å². The highest BCUT2D eigenvalue weighted by atomic mass is 79.9. The molecule has 0 fully saturated rings. The monoisotopic (exact) mass is 230 g/mol. The standard InChI is InChI=1S/C3F6.BrH/c4-1(2(5)6)3(7,8)9;/h;1H. The number of halogens is 7. The smallest absolute Gasteiger partial charge is 0.196 e. The molecule has 0 aliphatic heterocycles. The molecule has 0 amide bonds. The van der Waals surface area contributed by atoms with Crippen molar-refractivity contribution in [3.05, 3.63) is 11.9 Å². The van der Waals surface area contributed by atoms with Crippen LogP contribution in [0.3, 0.4) is 0 Å². The predicted octanol–water partition coefficient (Wildman–Crippen LogP) is 3.20. The second kappa shape index (κ2) is 3.85. The van der Waals surface area contributed by atoms with Crippen molar-refractivity contribution in [1.82, 2.24) is 0 Å². The number of hydrogen-bond donors (Lipinski definition) is 0. The summed E-state index contributed by atoms with van der Waals surface area (Å²) < 4.78 is 64.8. The van der Waals surface area contributed by atoms with Crippen LogP contribution in [0.1, 0.15) is 0 Å². The summed E-state index contributed by atoms with van der Waals surface area (Å²) in [5.41, 5.74) is 0. The zero-order chi connectivity index (χ0) is 7.65. The van der Waals surface area contributed by atoms with Crippen molar-refractivity contribution in [2.75, 3.05) is 0 Å². The Morgan fingerprint density at radius 2 is 1.20 bits per heavy atom. The SMILES string of the molecule is Br.FC(F)=C(F)C(F)(F)F. The molecule has 0 saturated carbocycles. The van der Waals surface area contributed by atoms with Crippen molar-refractivity contribution < 1.29 is 26.3 Å². The fraction of sp³-hybridized carbons (Fsp3) is 0.333. The summed E-state index contributed by atoms with van der Waals surface area (Å²) in [6.45, 7) is 0. The maximum Gasteiger partial charge on any atom is 0.448 e. The fourth-order valence-corrected chi connectivity index (χ4v) is 0.107. The summed E-state index contributed by atoms with van der Waals surface area (Å²) in [6.07, 6.45) is -8.90. The number of hydrogen-bond acceptors (Lipinski definition) is 0. The Labute approximate surface area is 62.3 Å². The zero-order valence-corrected chi connectivity index (χ0v) is 5.89. The maximum absolute atomic E-state index is 11.0. The minimum Gasteiger partial charge on any atom is -0.196 e. The van der Waals surface area contributed by atoms with Crippen molar-refractivity contribution in [2.24, 2.45) is 0 Å². The Bertz CT molecular complexity index is 130. The van der Waals surface area contributed by atoms with E-state index in [9.17, 15) is 26.3 Å². The molecule has 7 heteroatoms. The Morgan fingerprint density at radius 3 is 1.20 bits per heavy atom. The van der Waals surface area contributed by atoms with Crippen LogP contribution in [0.5, 0.6) is 0 Å². The molecular formula is C3HBrF6. The van der Waals surface area contributed by atoms with Gasteiger partial charge in [0.1, 0.15) is 0 Å². The highest BCUT2D eigenvalue weighted by Gasteiger charge is 2.38. The molecule has 0 aliphatic carbocycles. The summed E-state index contributed by atoms with van der Waals surface area (Å²) in [7, 11) is 0. The van der Waals surface area contributed by atoms with Crippen molar-refractivity contribution >= 4 is 17.0 Å². The van der Waals surface area contributed by atoms with Gasteiger partial charge >= 0.3 is 12.3 Å². The maximum atomic E-state index is 11.0. The van der Waals surface area contributed by atoms with Crippen LogP contribution >= 0.6 is 17.0 Å². The third kappa shape index (κ3) is 3.76. The van der Waals surface area contributed by atoms with Gasteiger partial charge in [-0.3, -0.25) is 0 Å². The van der Waals surface area contributed by atoms with Gasteiger partial charge in [0.15, 0.2) is 0 Å². The van der Waals surface area contributed by atoms with E-state index in [1.54, 1.807) is 0 Å². The largest absolute Gasteiger partial charge is 0.448 e. The molecule has 0 unspecified atom stereocenters. The molecule has 0 spiro atoms. The van der Waals surface area contributed by atoms with Gasteiger partial charge in [-0.05, 0) is 0 Å². The molecule has 0 aromatic rings. The van der Waals surface area contributed by atoms with Gasteiger partial charge in [0.05, 0.1) is 0 Å². The third-order valence-corrected chi connectivity index (χ3v) is 0.415. The molecule has 0 N–H and O–H groups in total. The van der Waals surface area contributed by atoms with E-state index in [0.717, 1.165) is 0 Å². The van der Waals surface area contributed by atoms with Crippen molar-refractivity contribution in [1.29, 1.82) is 0 Å². The average molecular weight is 231 g/mol. The van der Waals surface area contributed by atoms with E-state index in [1.807, 2.05) is 0 Å². The molecule has 0 radical (unpaired) electrons. The van der Waals surface area contributed by atoms with Crippen molar-refractivity contribution in [2.45, 2.75) is 6.18 Å². The number of rotatable bonds is 0. The van der Waals surface area contributed by atoms with Crippen LogP contribution in [0.4, 0.5) is 26.3 Å². The van der Waals surface area contributed by atoms with E-state index in [4.69, 9.17) is 0 Å². The molecule has 10 heavy (non-hydrogen) atoms. The summed E-state index contributed by atoms with van der Waals surface area (Å²) >= 11 is 0. The van der Waals surface area contributed by atoms with E-state index in [0.29, 0.717) is 0 Å². The Hall–Kier alpha value is -0.200. The Balaban J connectivity index is 0. The van der Waals surface area contributed by atoms with Crippen molar-refractivity contribution in [3.8, 4) is 0 Å². The van der Waals surface area contributed by atoms with E-state index in [-0.39, 0.29) is 17.0 Å². The predicted molar refractivity (Wildman–Crippen MR) is 26.7 cm³/mol. The van der Waals surface area contributed by atoms with Crippen LogP contribution in [-0.4, -0.2) is 6.18 Å². The second-order valence-corrected chi connectivity index (χ2v) is 1.07. The quantitative estimate of drug-likeness (QED) is 0.561. The topological polar surface area (TPSA) is 0 Å². The van der Waals surface area contributed by atoms with Gasteiger partial charge in [-0.1, -0.05) is 0 Å². The number of alkyl halides is 3. The summed E-state index contributed by atoms with van der Waals surface area (Å²) in [5.74, 6) is -3.33. The van der Waals surface area contributed by atoms with Crippen LogP contribution in [0, 0.1) is 0 Å². The molecule has 0 rings (SSSR count). The van der Waals surface area contributed by atoms with Gasteiger partial charge in [-0.2, -0.15) is 26.3 Å². The lowest BCUT2D eigenvalue weighted by Gasteiger charge is -1.98. The summed E-state index contributed by atoms with van der Waals surface area (Å²) in [6, 6.07) is 0. The van der Waals surface area contributed by atoms with Crippen LogP contribution in [0.2, 0.25) is 0 Å². The van der Waals surface area contributed by atoms with Crippen molar-refractivity contribution in [3.63, 3.8) is 0 Å². The Morgan fingerprint density at radius 1 is 0.900 bits per heavy atom. The molecule has 0 bridgehead atoms. The second-order valence-electron chi connectivity index (χ2n) is 1.07. The molecule has 0 saturated heterocycles. The molecule has 62 valence electrons. The lowest BCUT2D eigenvalue weighted by Crippen LogP contribution is -2.08. The number of allylic oxidation sites excluding steroid dienone is 1. The minimum atomic E-state index is -5.56. The van der Waals surface area contributed by atoms with Gasteiger partial charge in [0.25, 0.3) is 5.83 Å². The summed E-state index contributed by atoms with van der Waals surface area (Å²) in [5, 5.41) is 0. The van der Waals surface area contributed by atoms with Gasteiger partial charge in [-0.25, -0.2) is 0 Å². The fourth-order valence-electron chi connectivity index (χ4n) is 0.107. The van der Waals surface area contributed by atoms with Gasteiger partial charge in [0.2, 0.25) is 0 Å². The van der Waals surface area contributed by atoms with Crippen LogP contribution < -0.4 is 0 Å². The highest BCUT2D eigenvalue weighted by Crippen LogP contribution is 2.29. The van der Waals surface area contributed by atoms with E-state index >= 15 is 0 Å². The lowest BCUT2D eigenvalue weighted by atomic mass is 10.6. The first-order chi connectivity index (χ1) is 3.85. The first kappa shape index (κ1) is 12.5. The van der Waals surface area contributed by atoms with Gasteiger partial charge < -0.3 is 0 Å². The minimum absolute atomic E-state index is 0. The summed E-state index contributed by atoms with van der Waals surface area (Å²) in [4.78, 5) is 0. The normalized spacial score (nSPS) is 10.2. The molecule has 0 aromatic heterocycles. The lowest BCUT2D eigenvalue weighted by molar-refractivity contribution is -0.113. The van der Waals surface area contributed by atoms with Gasteiger partial charge in [-0.15, -0.1) is 17.0 Å². The first-order valence-corrected chi connectivity index (χ1v) is 1.63. The van der Waals surface area contributed by atoms with Crippen LogP contribution in [0.25, 0.3) is 0 Å². The third-order valence-electron chi connectivity index (χ3n) is 0.415. The zero-order valence-electron chi connectivity index (χ0n) is 4.18. The molecule has 0 aliphatic rings. The first-order valence-electron chi connectivity index (χ1n) is 1.63. The molecule has 0 heterocycles. The van der Waals surface area contributed by atoms with E-state index in [1.165, 1.54) is 0 Å². The highest BCUT2D eigenvalue weighted by molar-refractivity contribution is 8.93. The molecule has 0 aromatic carbocycles. The van der Waals surface area contributed by atoms with Crippen LogP contribution in [-0.2, 0) is 0 Å².